The molecular formula is C22H18ClF3N4O5. The minimum atomic E-state index is -4.87. The zero-order chi connectivity index (χ0) is 25.5. The highest BCUT2D eigenvalue weighted by Crippen LogP contribution is 2.35. The fourth-order valence-corrected chi connectivity index (χ4v) is 3.71. The third-order valence-electron chi connectivity index (χ3n) is 4.94. The summed E-state index contributed by atoms with van der Waals surface area (Å²) in [5.74, 6) is 0.386. The number of benzene rings is 2. The molecule has 2 N–H and O–H groups in total. The van der Waals surface area contributed by atoms with E-state index in [1.54, 1.807) is 31.3 Å². The smallest absolute Gasteiger partial charge is 0.457 e. The standard InChI is InChI=1S/C22H18ClF3N4O5/c1-11(31)10-30-19-17(20(32)28-21(30)33)29(2)18(27-19)12-3-5-13(6-4-12)34-14-7-8-16(15(23)9-14)35-22(24,25)26/h3-9,11,31H,10H2,1-2H3,(H,28,32,33). The van der Waals surface area contributed by atoms with E-state index in [9.17, 15) is 27.9 Å². The van der Waals surface area contributed by atoms with Crippen molar-refractivity contribution in [1.82, 2.24) is 19.1 Å². The number of aliphatic hydroxyl groups excluding tert-OH is 1. The molecule has 35 heavy (non-hydrogen) atoms. The first-order valence-electron chi connectivity index (χ1n) is 10.1. The van der Waals surface area contributed by atoms with Crippen LogP contribution in [0, 0.1) is 0 Å². The van der Waals surface area contributed by atoms with Crippen molar-refractivity contribution < 1.29 is 27.8 Å². The quantitative estimate of drug-likeness (QED) is 0.408. The molecule has 0 spiro atoms. The normalized spacial score (nSPS) is 12.7. The molecule has 2 aromatic heterocycles. The first-order chi connectivity index (χ1) is 16.4. The number of nitrogens with zero attached hydrogens (tertiary/aromatic N) is 3. The van der Waals surface area contributed by atoms with E-state index in [2.05, 4.69) is 14.7 Å². The number of aromatic nitrogens is 4. The largest absolute Gasteiger partial charge is 0.573 e. The molecule has 0 saturated heterocycles. The fourth-order valence-electron chi connectivity index (χ4n) is 3.50. The van der Waals surface area contributed by atoms with E-state index in [0.717, 1.165) is 6.07 Å². The van der Waals surface area contributed by atoms with E-state index in [1.165, 1.54) is 28.2 Å². The number of aryl methyl sites for hydroxylation is 1. The molecule has 2 aromatic carbocycles. The minimum Gasteiger partial charge on any atom is -0.457 e. The molecule has 13 heteroatoms. The third-order valence-corrected chi connectivity index (χ3v) is 5.23. The highest BCUT2D eigenvalue weighted by molar-refractivity contribution is 6.32. The molecule has 4 rings (SSSR count). The number of hydrogen-bond acceptors (Lipinski definition) is 6. The molecule has 1 unspecified atom stereocenters. The van der Waals surface area contributed by atoms with Gasteiger partial charge in [-0.2, -0.15) is 0 Å². The average Bonchev–Trinajstić information content (AvgIpc) is 3.10. The Bertz CT molecular complexity index is 1510. The first-order valence-corrected chi connectivity index (χ1v) is 10.5. The number of rotatable bonds is 6. The molecule has 0 aliphatic heterocycles. The predicted molar refractivity (Wildman–Crippen MR) is 121 cm³/mol. The summed E-state index contributed by atoms with van der Waals surface area (Å²) in [6, 6.07) is 10.0. The number of aliphatic hydroxyl groups is 1. The van der Waals surface area contributed by atoms with Gasteiger partial charge in [-0.15, -0.1) is 13.2 Å². The van der Waals surface area contributed by atoms with Crippen LogP contribution in [0.15, 0.2) is 52.1 Å². The second-order valence-electron chi connectivity index (χ2n) is 7.65. The van der Waals surface area contributed by atoms with Crippen molar-refractivity contribution >= 4 is 22.8 Å². The number of fused-ring (bicyclic) bond motifs is 1. The van der Waals surface area contributed by atoms with Crippen LogP contribution in [0.3, 0.4) is 0 Å². The van der Waals surface area contributed by atoms with E-state index in [1.807, 2.05) is 0 Å². The van der Waals surface area contributed by atoms with Crippen LogP contribution < -0.4 is 20.7 Å². The van der Waals surface area contributed by atoms with Crippen molar-refractivity contribution in [3.63, 3.8) is 0 Å². The van der Waals surface area contributed by atoms with Crippen molar-refractivity contribution in [2.75, 3.05) is 0 Å². The molecule has 184 valence electrons. The molecule has 0 radical (unpaired) electrons. The molecule has 9 nitrogen and oxygen atoms in total. The molecule has 2 heterocycles. The van der Waals surface area contributed by atoms with E-state index in [-0.39, 0.29) is 28.5 Å². The number of halogens is 4. The van der Waals surface area contributed by atoms with Crippen LogP contribution in [0.4, 0.5) is 13.2 Å². The van der Waals surface area contributed by atoms with Crippen LogP contribution in [0.25, 0.3) is 22.6 Å². The maximum absolute atomic E-state index is 12.4. The van der Waals surface area contributed by atoms with Gasteiger partial charge in [-0.3, -0.25) is 14.3 Å². The van der Waals surface area contributed by atoms with Crippen molar-refractivity contribution in [2.45, 2.75) is 25.9 Å². The van der Waals surface area contributed by atoms with Crippen LogP contribution >= 0.6 is 11.6 Å². The van der Waals surface area contributed by atoms with E-state index in [0.29, 0.717) is 17.1 Å². The molecule has 0 saturated carbocycles. The van der Waals surface area contributed by atoms with Crippen LogP contribution in [-0.2, 0) is 13.6 Å². The van der Waals surface area contributed by atoms with Gasteiger partial charge in [0.2, 0.25) is 0 Å². The van der Waals surface area contributed by atoms with Crippen molar-refractivity contribution in [3.8, 4) is 28.6 Å². The van der Waals surface area contributed by atoms with E-state index in [4.69, 9.17) is 16.3 Å². The highest BCUT2D eigenvalue weighted by Gasteiger charge is 2.32. The molecule has 0 bridgehead atoms. The van der Waals surface area contributed by atoms with Crippen LogP contribution in [0.5, 0.6) is 17.2 Å². The molecule has 1 atom stereocenters. The molecule has 0 aliphatic carbocycles. The Morgan fingerprint density at radius 1 is 1.14 bits per heavy atom. The predicted octanol–water partition coefficient (Wildman–Crippen LogP) is 3.82. The lowest BCUT2D eigenvalue weighted by Gasteiger charge is -2.12. The van der Waals surface area contributed by atoms with Crippen molar-refractivity contribution in [2.24, 2.45) is 7.05 Å². The van der Waals surface area contributed by atoms with Gasteiger partial charge in [-0.05, 0) is 43.3 Å². The summed E-state index contributed by atoms with van der Waals surface area (Å²) < 4.78 is 49.4. The van der Waals surface area contributed by atoms with Gasteiger partial charge in [0.15, 0.2) is 11.2 Å². The number of aromatic amines is 1. The summed E-state index contributed by atoms with van der Waals surface area (Å²) in [7, 11) is 1.62. The van der Waals surface area contributed by atoms with Gasteiger partial charge in [0.05, 0.1) is 17.7 Å². The lowest BCUT2D eigenvalue weighted by molar-refractivity contribution is -0.274. The summed E-state index contributed by atoms with van der Waals surface area (Å²) in [4.78, 5) is 31.3. The SMILES string of the molecule is CC(O)Cn1c(=O)[nH]c(=O)c2c1nc(-c1ccc(Oc3ccc(OC(F)(F)F)c(Cl)c3)cc1)n2C. The summed E-state index contributed by atoms with van der Waals surface area (Å²) >= 11 is 5.85. The topological polar surface area (TPSA) is 111 Å². The van der Waals surface area contributed by atoms with Gasteiger partial charge in [0.25, 0.3) is 5.56 Å². The first kappa shape index (κ1) is 24.4. The van der Waals surface area contributed by atoms with Crippen LogP contribution in [-0.4, -0.2) is 36.7 Å². The van der Waals surface area contributed by atoms with E-state index >= 15 is 0 Å². The summed E-state index contributed by atoms with van der Waals surface area (Å²) in [5, 5.41) is 9.45. The Hall–Kier alpha value is -3.77. The van der Waals surface area contributed by atoms with Gasteiger partial charge in [-0.1, -0.05) is 11.6 Å². The number of nitrogens with one attached hydrogen (secondary N) is 1. The number of alkyl halides is 3. The average molecular weight is 511 g/mol. The lowest BCUT2D eigenvalue weighted by Crippen LogP contribution is -2.33. The Morgan fingerprint density at radius 2 is 1.80 bits per heavy atom. The van der Waals surface area contributed by atoms with Gasteiger partial charge in [0, 0.05) is 18.7 Å². The van der Waals surface area contributed by atoms with Crippen molar-refractivity contribution in [1.29, 1.82) is 0 Å². The number of ether oxygens (including phenoxy) is 2. The molecule has 0 amide bonds. The summed E-state index contributed by atoms with van der Waals surface area (Å²) in [6.07, 6.45) is -5.71. The molecule has 0 aliphatic rings. The second-order valence-corrected chi connectivity index (χ2v) is 8.06. The molecule has 4 aromatic rings. The number of hydrogen-bond donors (Lipinski definition) is 2. The lowest BCUT2D eigenvalue weighted by atomic mass is 10.2. The summed E-state index contributed by atoms with van der Waals surface area (Å²) in [6.45, 7) is 1.46. The molecule has 0 fully saturated rings. The Kier molecular flexibility index (Phi) is 6.34. The Morgan fingerprint density at radius 3 is 2.40 bits per heavy atom. The third kappa shape index (κ3) is 5.17. The fraction of sp³-hybridized carbons (Fsp3) is 0.227. The second kappa shape index (κ2) is 9.12. The highest BCUT2D eigenvalue weighted by atomic mass is 35.5. The Balaban J connectivity index is 1.63. The zero-order valence-electron chi connectivity index (χ0n) is 18.3. The van der Waals surface area contributed by atoms with Crippen molar-refractivity contribution in [3.05, 3.63) is 68.3 Å². The summed E-state index contributed by atoms with van der Waals surface area (Å²) in [5.41, 5.74) is -0.395. The van der Waals surface area contributed by atoms with Crippen LogP contribution in [0.2, 0.25) is 5.02 Å². The Labute approximate surface area is 199 Å². The van der Waals surface area contributed by atoms with Crippen LogP contribution in [0.1, 0.15) is 6.92 Å². The monoisotopic (exact) mass is 510 g/mol. The van der Waals surface area contributed by atoms with Gasteiger partial charge < -0.3 is 19.1 Å². The number of imidazole rings is 1. The molecular weight excluding hydrogens is 493 g/mol. The maximum atomic E-state index is 12.4. The van der Waals surface area contributed by atoms with E-state index < -0.39 is 29.5 Å². The van der Waals surface area contributed by atoms with Gasteiger partial charge >= 0.3 is 12.1 Å². The maximum Gasteiger partial charge on any atom is 0.573 e. The minimum absolute atomic E-state index is 0.0509. The zero-order valence-corrected chi connectivity index (χ0v) is 19.0. The van der Waals surface area contributed by atoms with Gasteiger partial charge in [0.1, 0.15) is 23.1 Å². The number of H-pyrrole nitrogens is 1. The van der Waals surface area contributed by atoms with Gasteiger partial charge in [-0.25, -0.2) is 9.78 Å².